The van der Waals surface area contributed by atoms with Gasteiger partial charge in [-0.3, -0.25) is 4.79 Å². The standard InChI is InChI=1S/C29H30N2O/c1-19(2)17-18-31-28(22-9-5-6-10-23(22)29(31)32)26-24-11-7-8-12-25(24)30(4)27(26)21-15-13-20(3)14-16-21/h5-16,19,28H,17-18H2,1-4H3/t28-/m1/s1. The van der Waals surface area contributed by atoms with E-state index in [9.17, 15) is 4.79 Å². The highest BCUT2D eigenvalue weighted by molar-refractivity contribution is 6.02. The van der Waals surface area contributed by atoms with Crippen LogP contribution < -0.4 is 0 Å². The SMILES string of the molecule is Cc1ccc(-c2c([C@H]3c4ccccc4C(=O)N3CCC(C)C)c3ccccc3n2C)cc1. The number of nitrogens with zero attached hydrogens (tertiary/aromatic N) is 2. The zero-order chi connectivity index (χ0) is 22.4. The van der Waals surface area contributed by atoms with Gasteiger partial charge in [0.15, 0.2) is 0 Å². The first-order valence-corrected chi connectivity index (χ1v) is 11.5. The molecule has 0 N–H and O–H groups in total. The van der Waals surface area contributed by atoms with E-state index in [4.69, 9.17) is 0 Å². The van der Waals surface area contributed by atoms with Gasteiger partial charge in [-0.05, 0) is 42.5 Å². The van der Waals surface area contributed by atoms with Crippen LogP contribution in [-0.4, -0.2) is 21.9 Å². The third-order valence-electron chi connectivity index (χ3n) is 6.75. The summed E-state index contributed by atoms with van der Waals surface area (Å²) >= 11 is 0. The second-order valence-corrected chi connectivity index (χ2v) is 9.38. The zero-order valence-electron chi connectivity index (χ0n) is 19.3. The van der Waals surface area contributed by atoms with Crippen LogP contribution in [0.15, 0.2) is 72.8 Å². The van der Waals surface area contributed by atoms with Crippen LogP contribution in [0, 0.1) is 12.8 Å². The van der Waals surface area contributed by atoms with Crippen LogP contribution in [0.25, 0.3) is 22.2 Å². The molecule has 0 bridgehead atoms. The predicted octanol–water partition coefficient (Wildman–Crippen LogP) is 6.75. The molecule has 5 rings (SSSR count). The Kier molecular flexibility index (Phi) is 5.13. The minimum Gasteiger partial charge on any atom is -0.343 e. The molecular formula is C29H30N2O. The Bertz CT molecular complexity index is 1300. The number of benzene rings is 3. The maximum atomic E-state index is 13.5. The quantitative estimate of drug-likeness (QED) is 0.349. The minimum absolute atomic E-state index is 0.0835. The number of amides is 1. The number of fused-ring (bicyclic) bond motifs is 2. The van der Waals surface area contributed by atoms with Crippen molar-refractivity contribution in [1.29, 1.82) is 0 Å². The van der Waals surface area contributed by atoms with Crippen molar-refractivity contribution in [2.24, 2.45) is 13.0 Å². The lowest BCUT2D eigenvalue weighted by molar-refractivity contribution is 0.0742. The van der Waals surface area contributed by atoms with Crippen molar-refractivity contribution in [2.45, 2.75) is 33.2 Å². The molecule has 4 aromatic rings. The molecule has 32 heavy (non-hydrogen) atoms. The van der Waals surface area contributed by atoms with Crippen LogP contribution in [-0.2, 0) is 7.05 Å². The summed E-state index contributed by atoms with van der Waals surface area (Å²) in [6.07, 6.45) is 0.987. The fraction of sp³-hybridized carbons (Fsp3) is 0.276. The molecule has 1 aromatic heterocycles. The van der Waals surface area contributed by atoms with E-state index < -0.39 is 0 Å². The van der Waals surface area contributed by atoms with E-state index in [2.05, 4.69) is 97.9 Å². The molecule has 0 unspecified atom stereocenters. The van der Waals surface area contributed by atoms with E-state index in [1.54, 1.807) is 0 Å². The van der Waals surface area contributed by atoms with Crippen LogP contribution in [0.2, 0.25) is 0 Å². The van der Waals surface area contributed by atoms with Crippen molar-refractivity contribution in [3.63, 3.8) is 0 Å². The van der Waals surface area contributed by atoms with Crippen molar-refractivity contribution in [3.8, 4) is 11.3 Å². The normalized spacial score (nSPS) is 15.7. The van der Waals surface area contributed by atoms with E-state index in [0.717, 1.165) is 24.1 Å². The molecule has 1 amide bonds. The largest absolute Gasteiger partial charge is 0.343 e. The van der Waals surface area contributed by atoms with Gasteiger partial charge < -0.3 is 9.47 Å². The molecule has 0 fully saturated rings. The van der Waals surface area contributed by atoms with Gasteiger partial charge in [0, 0.05) is 35.6 Å². The number of rotatable bonds is 5. The summed E-state index contributed by atoms with van der Waals surface area (Å²) in [6.45, 7) is 7.31. The highest BCUT2D eigenvalue weighted by Gasteiger charge is 2.40. The van der Waals surface area contributed by atoms with Crippen LogP contribution in [0.3, 0.4) is 0 Å². The number of carbonyl (C=O) groups is 1. The monoisotopic (exact) mass is 422 g/mol. The Morgan fingerprint density at radius 1 is 0.906 bits per heavy atom. The van der Waals surface area contributed by atoms with E-state index >= 15 is 0 Å². The molecule has 1 aliphatic heterocycles. The molecule has 0 radical (unpaired) electrons. The minimum atomic E-state index is -0.0835. The summed E-state index contributed by atoms with van der Waals surface area (Å²) < 4.78 is 2.29. The van der Waals surface area contributed by atoms with Crippen LogP contribution in [0.5, 0.6) is 0 Å². The van der Waals surface area contributed by atoms with Crippen LogP contribution >= 0.6 is 0 Å². The third-order valence-corrected chi connectivity index (χ3v) is 6.75. The number of aromatic nitrogens is 1. The van der Waals surface area contributed by atoms with Gasteiger partial charge in [0.2, 0.25) is 0 Å². The lowest BCUT2D eigenvalue weighted by atomic mass is 9.92. The number of hydrogen-bond acceptors (Lipinski definition) is 1. The molecular weight excluding hydrogens is 392 g/mol. The van der Waals surface area contributed by atoms with Crippen molar-refractivity contribution in [3.05, 3.63) is 95.1 Å². The fourth-order valence-corrected chi connectivity index (χ4v) is 5.07. The smallest absolute Gasteiger partial charge is 0.255 e. The molecule has 3 aromatic carbocycles. The Morgan fingerprint density at radius 3 is 2.34 bits per heavy atom. The zero-order valence-corrected chi connectivity index (χ0v) is 19.3. The van der Waals surface area contributed by atoms with Gasteiger partial charge in [-0.1, -0.05) is 80.1 Å². The van der Waals surface area contributed by atoms with E-state index in [1.165, 1.54) is 33.3 Å². The predicted molar refractivity (Wildman–Crippen MR) is 132 cm³/mol. The summed E-state index contributed by atoms with van der Waals surface area (Å²) in [5.41, 5.74) is 8.00. The van der Waals surface area contributed by atoms with Gasteiger partial charge in [0.25, 0.3) is 5.91 Å². The van der Waals surface area contributed by atoms with Gasteiger partial charge >= 0.3 is 0 Å². The van der Waals surface area contributed by atoms with Gasteiger partial charge in [-0.2, -0.15) is 0 Å². The first-order chi connectivity index (χ1) is 15.5. The molecule has 0 saturated heterocycles. The first kappa shape index (κ1) is 20.6. The molecule has 1 aliphatic rings. The Hall–Kier alpha value is -3.33. The second kappa shape index (κ2) is 7.98. The van der Waals surface area contributed by atoms with Crippen molar-refractivity contribution in [2.75, 3.05) is 6.54 Å². The molecule has 0 saturated carbocycles. The molecule has 162 valence electrons. The lowest BCUT2D eigenvalue weighted by Gasteiger charge is -2.27. The molecule has 3 nitrogen and oxygen atoms in total. The van der Waals surface area contributed by atoms with Gasteiger partial charge in [0.1, 0.15) is 0 Å². The topological polar surface area (TPSA) is 25.2 Å². The van der Waals surface area contributed by atoms with E-state index in [1.807, 2.05) is 12.1 Å². The molecule has 2 heterocycles. The van der Waals surface area contributed by atoms with E-state index in [0.29, 0.717) is 5.92 Å². The van der Waals surface area contributed by atoms with Gasteiger partial charge in [0.05, 0.1) is 11.7 Å². The van der Waals surface area contributed by atoms with Crippen molar-refractivity contribution >= 4 is 16.8 Å². The summed E-state index contributed by atoms with van der Waals surface area (Å²) in [7, 11) is 2.14. The van der Waals surface area contributed by atoms with Crippen molar-refractivity contribution in [1.82, 2.24) is 9.47 Å². The fourth-order valence-electron chi connectivity index (χ4n) is 5.07. The van der Waals surface area contributed by atoms with Crippen LogP contribution in [0.1, 0.15) is 53.4 Å². The Morgan fingerprint density at radius 2 is 1.59 bits per heavy atom. The van der Waals surface area contributed by atoms with Crippen LogP contribution in [0.4, 0.5) is 0 Å². The average Bonchev–Trinajstić information content (AvgIpc) is 3.24. The molecule has 3 heteroatoms. The van der Waals surface area contributed by atoms with Gasteiger partial charge in [-0.15, -0.1) is 0 Å². The van der Waals surface area contributed by atoms with Crippen molar-refractivity contribution < 1.29 is 4.79 Å². The maximum absolute atomic E-state index is 13.5. The summed E-state index contributed by atoms with van der Waals surface area (Å²) in [4.78, 5) is 15.6. The lowest BCUT2D eigenvalue weighted by Crippen LogP contribution is -2.30. The van der Waals surface area contributed by atoms with E-state index in [-0.39, 0.29) is 11.9 Å². The Balaban J connectivity index is 1.79. The third kappa shape index (κ3) is 3.24. The molecule has 0 spiro atoms. The number of hydrogen-bond donors (Lipinski definition) is 0. The summed E-state index contributed by atoms with van der Waals surface area (Å²) in [6, 6.07) is 25.4. The first-order valence-electron chi connectivity index (χ1n) is 11.5. The highest BCUT2D eigenvalue weighted by Crippen LogP contribution is 2.46. The molecule has 0 aliphatic carbocycles. The highest BCUT2D eigenvalue weighted by atomic mass is 16.2. The number of aryl methyl sites for hydroxylation is 2. The average molecular weight is 423 g/mol. The number of para-hydroxylation sites is 1. The van der Waals surface area contributed by atoms with Gasteiger partial charge in [-0.25, -0.2) is 0 Å². The maximum Gasteiger partial charge on any atom is 0.255 e. The number of carbonyl (C=O) groups excluding carboxylic acids is 1. The second-order valence-electron chi connectivity index (χ2n) is 9.38. The molecule has 1 atom stereocenters. The summed E-state index contributed by atoms with van der Waals surface area (Å²) in [5, 5.41) is 1.22. The summed E-state index contributed by atoms with van der Waals surface area (Å²) in [5.74, 6) is 0.685. The Labute approximate surface area is 190 Å².